The maximum Gasteiger partial charge on any atom is 0.338 e. The first-order chi connectivity index (χ1) is 49.6. The topological polar surface area (TPSA) is 773 Å². The van der Waals surface area contributed by atoms with Gasteiger partial charge < -0.3 is 218 Å². The lowest BCUT2D eigenvalue weighted by Crippen LogP contribution is -3.18. The van der Waals surface area contributed by atoms with E-state index in [-0.39, 0.29) is 0 Å². The van der Waals surface area contributed by atoms with Gasteiger partial charge in [0.1, 0.15) is 0 Å². The summed E-state index contributed by atoms with van der Waals surface area (Å²) in [5.41, 5.74) is 0. The lowest BCUT2D eigenvalue weighted by Gasteiger charge is -2.74. The standard InChI is InChI=1S/C9H118O48Si49/c1-40-91(9,58)53-106(101(83-34,84-35)48-66-17,103(86-37,50-68-19)88(3)39)105(56-94(73-24,74-25)43-61-12,102(85-36,49-67-18)87(2)38)96(52-90(7,8)51-89(4,5)6,104(99(79-30,80-31)46-64-15,100(81-32,82-33)47-65-16)55-93(71-22,72-23)42-60-11)57-95(97(75-26,76-27)44-62-13,98(77-28,78-29)45-63-14)54-92(69-20,70-21)41-59-10/h10-39,87-88H,59-86H2,1-9,58H3. The van der Waals surface area contributed by atoms with Crippen molar-refractivity contribution in [2.75, 3.05) is 7.11 Å². The molecule has 0 radical (unpaired) electrons. The van der Waals surface area contributed by atoms with Crippen molar-refractivity contribution in [1.29, 1.82) is 0 Å². The Morgan fingerprint density at radius 3 is 0.745 bits per heavy atom. The summed E-state index contributed by atoms with van der Waals surface area (Å²) in [5, 5.41) is 0. The Morgan fingerprint density at radius 2 is 0.509 bits per heavy atom. The van der Waals surface area contributed by atoms with Crippen LogP contribution in [0.1, 0.15) is 0 Å². The molecule has 638 valence electrons. The van der Waals surface area contributed by atoms with Crippen LogP contribution in [0.15, 0.2) is 0 Å². The van der Waals surface area contributed by atoms with E-state index in [9.17, 15) is 144 Å². The van der Waals surface area contributed by atoms with Crippen LogP contribution in [-0.4, -0.2) is 577 Å². The zero-order chi connectivity index (χ0) is 82.7. The van der Waals surface area contributed by atoms with Crippen LogP contribution >= 0.6 is 0 Å². The smallest absolute Gasteiger partial charge is 0.338 e. The van der Waals surface area contributed by atoms with E-state index in [1.165, 1.54) is 19.6 Å². The molecule has 8 atom stereocenters. The third kappa shape index (κ3) is 22.6. The fourth-order valence-corrected chi connectivity index (χ4v) is 970. The molecule has 97 heteroatoms. The molecule has 0 aliphatic rings. The molecule has 0 aliphatic carbocycles. The van der Waals surface area contributed by atoms with Gasteiger partial charge in [0, 0.05) is 7.11 Å². The number of hydrogen-bond donors (Lipinski definition) is 30. The molecule has 0 heterocycles. The molecule has 48 nitrogen and oxygen atoms in total. The van der Waals surface area contributed by atoms with Crippen LogP contribution < -0.4 is 0 Å². The maximum atomic E-state index is 14.6. The maximum absolute atomic E-state index is 14.6. The summed E-state index contributed by atoms with van der Waals surface area (Å²) >= 11 is 0. The fourth-order valence-electron chi connectivity index (χ4n) is 13.3. The van der Waals surface area contributed by atoms with Gasteiger partial charge in [0.05, 0.1) is 9.76 Å². The van der Waals surface area contributed by atoms with E-state index < -0.39 is 426 Å². The third-order valence-electron chi connectivity index (χ3n) is 18.0. The summed E-state index contributed by atoms with van der Waals surface area (Å²) in [4.78, 5) is 389. The van der Waals surface area contributed by atoms with E-state index in [1.807, 2.05) is 0 Å². The van der Waals surface area contributed by atoms with Crippen molar-refractivity contribution in [3.8, 4) is 0 Å². The van der Waals surface area contributed by atoms with Crippen molar-refractivity contribution in [2.45, 2.75) is 52.4 Å². The number of rotatable bonds is 65. The normalized spacial score (nSPS) is 26.0. The van der Waals surface area contributed by atoms with Gasteiger partial charge in [-0.05, 0) is 52.4 Å². The lowest BCUT2D eigenvalue weighted by molar-refractivity contribution is 0.291. The second-order valence-corrected chi connectivity index (χ2v) is 303. The Bertz CT molecular complexity index is 2370. The molecule has 0 amide bonds. The summed E-state index contributed by atoms with van der Waals surface area (Å²) in [6.07, 6.45) is 0. The minimum Gasteiger partial charge on any atom is -0.442 e. The first-order valence-electron chi connectivity index (χ1n) is 31.9. The highest BCUT2D eigenvalue weighted by Crippen LogP contribution is 2.58. The highest BCUT2D eigenvalue weighted by atomic mass is 30.5. The second kappa shape index (κ2) is 50.7. The molecule has 0 saturated carbocycles. The molecule has 0 bridgehead atoms. The largest absolute Gasteiger partial charge is 0.442 e. The third-order valence-corrected chi connectivity index (χ3v) is 532. The Hall–Kier alpha value is 8.71. The molecule has 0 aromatic carbocycles. The van der Waals surface area contributed by atoms with Gasteiger partial charge in [0.25, 0.3) is 136 Å². The predicted molar refractivity (Wildman–Crippen MR) is 506 cm³/mol. The highest BCUT2D eigenvalue weighted by Gasteiger charge is 3.04. The molecule has 0 spiro atoms. The molecular weight excluding hydrogens is 2250 g/mol. The van der Waals surface area contributed by atoms with E-state index in [0.717, 1.165) is 20.2 Å². The van der Waals surface area contributed by atoms with Crippen LogP contribution in [0.3, 0.4) is 0 Å². The summed E-state index contributed by atoms with van der Waals surface area (Å²) in [6, 6.07) is 0. The predicted octanol–water partition coefficient (Wildman–Crippen LogP) is -48.1. The zero-order valence-electron chi connectivity index (χ0n) is 60.7. The Morgan fingerprint density at radius 1 is 0.255 bits per heavy atom. The first kappa shape index (κ1) is 115. The van der Waals surface area contributed by atoms with Crippen molar-refractivity contribution in [3.63, 3.8) is 0 Å². The molecule has 30 N–H and O–H groups in total. The van der Waals surface area contributed by atoms with Gasteiger partial charge in [0.2, 0.25) is 96.9 Å². The van der Waals surface area contributed by atoms with Gasteiger partial charge in [-0.2, -0.15) is 0 Å². The van der Waals surface area contributed by atoms with E-state index >= 15 is 0 Å². The van der Waals surface area contributed by atoms with Crippen LogP contribution in [0.2, 0.25) is 52.4 Å². The summed E-state index contributed by atoms with van der Waals surface area (Å²) in [6.45, 7) is -56.9. The molecule has 0 aromatic heterocycles. The van der Waals surface area contributed by atoms with E-state index in [1.54, 1.807) is 19.6 Å². The van der Waals surface area contributed by atoms with Crippen LogP contribution in [-0.2, 0) is 74.4 Å². The van der Waals surface area contributed by atoms with E-state index in [4.69, 9.17) is 74.4 Å². The van der Waals surface area contributed by atoms with Gasteiger partial charge in [-0.1, -0.05) is 0 Å². The SMILES string of the molecule is CO[Si](C)([SiH3])O[Si]([Si](O[SiH2]O)([SiH2]O)[SiH2]O)([Si](O[SiH2]O)([SiH2]O)[SiH](C)O)[Si](O[Si](O[SiH2]O)([SiH2]O)[SiH2]O)([Si](O[SiH2]O)([SiH2]O)[SiH](C)O)[Si](O[Si](C)(C)O[Si](C)(C)C)(O[Si](O[Si](O[SiH2]O)([SiH2]O)[SiH2]O)([Si](O[SiH2]O)([SiH2]O)[SiH2]O)[Si](O[SiH2]O)([SiH2]O)[SiH2]O)[Si](O[Si](O[SiH2]O)([SiH2]O)[SiH2]O)([Si](O[SiH2]O)([SiH2]O)[SiH2]O)[Si](O[SiH2]O)([SiH2]O)[SiH2]O. The molecule has 0 aromatic rings. The van der Waals surface area contributed by atoms with Crippen LogP contribution in [0.25, 0.3) is 0 Å². The number of hydrogen-bond acceptors (Lipinski definition) is 48. The minimum absolute atomic E-state index is 0.528. The molecule has 0 rings (SSSR count). The molecular formula is C9H118O48Si49. The van der Waals surface area contributed by atoms with Gasteiger partial charge in [-0.3, -0.25) is 0 Å². The van der Waals surface area contributed by atoms with Crippen LogP contribution in [0.4, 0.5) is 0 Å². The second-order valence-electron chi connectivity index (χ2n) is 25.5. The summed E-state index contributed by atoms with van der Waals surface area (Å²) < 4.78 is 132. The fraction of sp³-hybridized carbons (Fsp3) is 1.00. The van der Waals surface area contributed by atoms with E-state index in [0.29, 0.717) is 0 Å². The van der Waals surface area contributed by atoms with E-state index in [2.05, 4.69) is 0 Å². The van der Waals surface area contributed by atoms with Gasteiger partial charge in [-0.15, -0.1) is 0 Å². The Kier molecular flexibility index (Phi) is 54.9. The first-order valence-corrected chi connectivity index (χ1v) is 154. The molecule has 0 saturated heterocycles. The van der Waals surface area contributed by atoms with Crippen molar-refractivity contribution >= 4 is 426 Å². The molecule has 8 unspecified atom stereocenters. The van der Waals surface area contributed by atoms with Crippen LogP contribution in [0.5, 0.6) is 0 Å². The molecule has 0 fully saturated rings. The van der Waals surface area contributed by atoms with Crippen LogP contribution in [0, 0.1) is 0 Å². The molecule has 0 aliphatic heterocycles. The summed E-state index contributed by atoms with van der Waals surface area (Å²) in [5.74, 6) is 0. The van der Waals surface area contributed by atoms with Gasteiger partial charge >= 0.3 is 46.5 Å². The average molecular weight is 2370 g/mol. The monoisotopic (exact) mass is 2370 g/mol. The quantitative estimate of drug-likeness (QED) is 0.0251. The lowest BCUT2D eigenvalue weighted by atomic mass is 11.8. The van der Waals surface area contributed by atoms with Crippen molar-refractivity contribution in [2.24, 2.45) is 0 Å². The Balaban J connectivity index is 16.4. The zero-order valence-corrected chi connectivity index (χ0v) is 123. The van der Waals surface area contributed by atoms with Crippen molar-refractivity contribution in [3.05, 3.63) is 0 Å². The van der Waals surface area contributed by atoms with Crippen molar-refractivity contribution in [1.82, 2.24) is 0 Å². The Labute approximate surface area is 695 Å². The summed E-state index contributed by atoms with van der Waals surface area (Å²) in [7, 11) is -161. The average Bonchev–Trinajstić information content (AvgIpc) is 0.624. The highest BCUT2D eigenvalue weighted by molar-refractivity contribution is 8.30. The molecule has 106 heavy (non-hydrogen) atoms. The van der Waals surface area contributed by atoms with Gasteiger partial charge in [-0.25, -0.2) is 0 Å². The van der Waals surface area contributed by atoms with Crippen molar-refractivity contribution < 1.29 is 218 Å². The minimum atomic E-state index is -8.38. The van der Waals surface area contributed by atoms with Gasteiger partial charge in [0.15, 0.2) is 137 Å².